The van der Waals surface area contributed by atoms with Crippen LogP contribution in [0.25, 0.3) is 0 Å². The zero-order valence-corrected chi connectivity index (χ0v) is 20.4. The molecule has 0 bridgehead atoms. The minimum Gasteiger partial charge on any atom is -0.480 e. The molecule has 1 amide bonds. The van der Waals surface area contributed by atoms with E-state index in [2.05, 4.69) is 32.7 Å². The summed E-state index contributed by atoms with van der Waals surface area (Å²) in [6, 6.07) is 3.30. The molecule has 4 rings (SSSR count). The first-order valence-electron chi connectivity index (χ1n) is 11.7. The minimum absolute atomic E-state index is 0.0387. The summed E-state index contributed by atoms with van der Waals surface area (Å²) in [7, 11) is 0. The van der Waals surface area contributed by atoms with Crippen LogP contribution >= 0.6 is 23.2 Å². The molecule has 3 N–H and O–H groups in total. The summed E-state index contributed by atoms with van der Waals surface area (Å²) in [6.07, 6.45) is 8.23. The monoisotopic (exact) mass is 505 g/mol. The molecule has 1 fully saturated rings. The van der Waals surface area contributed by atoms with E-state index in [4.69, 9.17) is 28.2 Å². The Kier molecular flexibility index (Phi) is 8.24. The number of carbonyl (C=O) groups excluding carboxylic acids is 1. The van der Waals surface area contributed by atoms with Crippen molar-refractivity contribution in [3.63, 3.8) is 0 Å². The highest BCUT2D eigenvalue weighted by atomic mass is 35.5. The van der Waals surface area contributed by atoms with E-state index < -0.39 is 17.9 Å². The number of nitrogens with one attached hydrogen (secondary N) is 2. The molecule has 2 aromatic heterocycles. The number of hydrogen-bond acceptors (Lipinski definition) is 6. The van der Waals surface area contributed by atoms with Gasteiger partial charge < -0.3 is 20.6 Å². The van der Waals surface area contributed by atoms with Crippen LogP contribution in [0.5, 0.6) is 0 Å². The number of hydrogen-bond donors (Lipinski definition) is 3. The second-order valence-electron chi connectivity index (χ2n) is 8.97. The van der Waals surface area contributed by atoms with E-state index in [1.165, 1.54) is 18.0 Å². The first-order chi connectivity index (χ1) is 16.4. The van der Waals surface area contributed by atoms with Crippen molar-refractivity contribution in [3.8, 4) is 0 Å². The maximum atomic E-state index is 12.6. The zero-order valence-electron chi connectivity index (χ0n) is 18.9. The standard InChI is InChI=1S/C24H29Cl2N5O3/c25-18-12-27-13-19(26)21(18)23(32)30-20(24(33)34)8-11-31-10-7-15(14-31)3-5-17-6-4-16-2-1-9-28-22(16)29-17/h4,6,12-13,15,20H,1-3,5,7-11,14H2,(H,28,29)(H,30,32)(H,33,34)/t15-,20+/m1/s1. The van der Waals surface area contributed by atoms with E-state index in [0.717, 1.165) is 63.3 Å². The average molecular weight is 506 g/mol. The fourth-order valence-corrected chi connectivity index (χ4v) is 5.18. The maximum Gasteiger partial charge on any atom is 0.326 e. The van der Waals surface area contributed by atoms with Gasteiger partial charge >= 0.3 is 5.97 Å². The van der Waals surface area contributed by atoms with Gasteiger partial charge in [0.2, 0.25) is 0 Å². The van der Waals surface area contributed by atoms with Gasteiger partial charge in [-0.25, -0.2) is 9.78 Å². The number of pyridine rings is 2. The lowest BCUT2D eigenvalue weighted by Gasteiger charge is -2.20. The number of aryl methyl sites for hydroxylation is 2. The predicted molar refractivity (Wildman–Crippen MR) is 132 cm³/mol. The molecule has 0 aromatic carbocycles. The molecule has 0 aliphatic carbocycles. The van der Waals surface area contributed by atoms with E-state index >= 15 is 0 Å². The second kappa shape index (κ2) is 11.3. The van der Waals surface area contributed by atoms with Gasteiger partial charge in [-0.3, -0.25) is 9.78 Å². The number of rotatable bonds is 9. The Morgan fingerprint density at radius 2 is 2.06 bits per heavy atom. The fraction of sp³-hybridized carbons (Fsp3) is 0.500. The van der Waals surface area contributed by atoms with Gasteiger partial charge in [-0.1, -0.05) is 29.3 Å². The Labute approximate surface area is 209 Å². The first kappa shape index (κ1) is 24.7. The highest BCUT2D eigenvalue weighted by Crippen LogP contribution is 2.25. The lowest BCUT2D eigenvalue weighted by Crippen LogP contribution is -2.43. The molecule has 0 saturated carbocycles. The van der Waals surface area contributed by atoms with Crippen LogP contribution in [0.15, 0.2) is 24.5 Å². The number of fused-ring (bicyclic) bond motifs is 1. The van der Waals surface area contributed by atoms with Crippen molar-refractivity contribution in [2.75, 3.05) is 31.5 Å². The van der Waals surface area contributed by atoms with Gasteiger partial charge in [-0.15, -0.1) is 0 Å². The van der Waals surface area contributed by atoms with E-state index in [1.54, 1.807) is 0 Å². The average Bonchev–Trinajstić information content (AvgIpc) is 3.28. The van der Waals surface area contributed by atoms with Gasteiger partial charge in [0.15, 0.2) is 0 Å². The Balaban J connectivity index is 1.24. The van der Waals surface area contributed by atoms with Gasteiger partial charge in [0.05, 0.1) is 15.6 Å². The third kappa shape index (κ3) is 6.17. The van der Waals surface area contributed by atoms with E-state index in [9.17, 15) is 14.7 Å². The number of carbonyl (C=O) groups is 2. The summed E-state index contributed by atoms with van der Waals surface area (Å²) >= 11 is 12.0. The van der Waals surface area contributed by atoms with E-state index in [0.29, 0.717) is 18.9 Å². The molecule has 0 spiro atoms. The van der Waals surface area contributed by atoms with Crippen molar-refractivity contribution in [2.45, 2.75) is 44.6 Å². The molecule has 2 aromatic rings. The Morgan fingerprint density at radius 1 is 1.26 bits per heavy atom. The van der Waals surface area contributed by atoms with Crippen molar-refractivity contribution < 1.29 is 14.7 Å². The molecule has 2 atom stereocenters. The molecule has 182 valence electrons. The SMILES string of the molecule is O=C(N[C@@H](CCN1CC[C@@H](CCc2ccc3c(n2)NCCC3)C1)C(=O)O)c1c(Cl)cncc1Cl. The Morgan fingerprint density at radius 3 is 2.82 bits per heavy atom. The Hall–Kier alpha value is -2.42. The van der Waals surface area contributed by atoms with Crippen molar-refractivity contribution in [1.29, 1.82) is 0 Å². The number of carboxylic acids is 1. The molecule has 1 saturated heterocycles. The van der Waals surface area contributed by atoms with Crippen LogP contribution in [0.2, 0.25) is 10.0 Å². The number of carboxylic acid groups (broad SMARTS) is 1. The fourth-order valence-electron chi connectivity index (χ4n) is 4.64. The minimum atomic E-state index is -1.09. The van der Waals surface area contributed by atoms with Crippen LogP contribution < -0.4 is 10.6 Å². The highest BCUT2D eigenvalue weighted by molar-refractivity contribution is 6.39. The Bertz CT molecular complexity index is 1030. The number of halogens is 2. The maximum absolute atomic E-state index is 12.6. The molecular formula is C24H29Cl2N5O3. The summed E-state index contributed by atoms with van der Waals surface area (Å²) in [5.74, 6) is -0.111. The predicted octanol–water partition coefficient (Wildman–Crippen LogP) is 3.67. The molecule has 10 heteroatoms. The van der Waals surface area contributed by atoms with Crippen LogP contribution in [-0.2, 0) is 17.6 Å². The number of anilines is 1. The van der Waals surface area contributed by atoms with Gasteiger partial charge in [0, 0.05) is 37.7 Å². The third-order valence-corrected chi connectivity index (χ3v) is 7.12. The zero-order chi connectivity index (χ0) is 24.1. The molecule has 2 aliphatic rings. The van der Waals surface area contributed by atoms with Crippen LogP contribution in [0.4, 0.5) is 5.82 Å². The molecular weight excluding hydrogens is 477 g/mol. The smallest absolute Gasteiger partial charge is 0.326 e. The quantitative estimate of drug-likeness (QED) is 0.477. The van der Waals surface area contributed by atoms with E-state index in [-0.39, 0.29) is 15.6 Å². The van der Waals surface area contributed by atoms with Crippen molar-refractivity contribution in [1.82, 2.24) is 20.2 Å². The second-order valence-corrected chi connectivity index (χ2v) is 9.78. The number of amides is 1. The number of aliphatic carboxylic acids is 1. The van der Waals surface area contributed by atoms with Crippen LogP contribution in [0, 0.1) is 5.92 Å². The lowest BCUT2D eigenvalue weighted by molar-refractivity contribution is -0.139. The largest absolute Gasteiger partial charge is 0.480 e. The topological polar surface area (TPSA) is 107 Å². The lowest BCUT2D eigenvalue weighted by atomic mass is 10.00. The third-order valence-electron chi connectivity index (χ3n) is 6.55. The van der Waals surface area contributed by atoms with Crippen molar-refractivity contribution in [2.24, 2.45) is 5.92 Å². The summed E-state index contributed by atoms with van der Waals surface area (Å²) in [5, 5.41) is 15.7. The van der Waals surface area contributed by atoms with Crippen LogP contribution in [0.1, 0.15) is 47.3 Å². The molecule has 2 aliphatic heterocycles. The summed E-state index contributed by atoms with van der Waals surface area (Å²) in [6.45, 7) is 3.42. The number of aromatic nitrogens is 2. The molecule has 8 nitrogen and oxygen atoms in total. The van der Waals surface area contributed by atoms with Gasteiger partial charge in [-0.2, -0.15) is 0 Å². The first-order valence-corrected chi connectivity index (χ1v) is 12.4. The molecule has 0 radical (unpaired) electrons. The van der Waals surface area contributed by atoms with Gasteiger partial charge in [0.1, 0.15) is 11.9 Å². The van der Waals surface area contributed by atoms with Crippen molar-refractivity contribution >= 4 is 40.9 Å². The van der Waals surface area contributed by atoms with Gasteiger partial charge in [0.25, 0.3) is 5.91 Å². The molecule has 34 heavy (non-hydrogen) atoms. The normalized spacial score (nSPS) is 18.7. The van der Waals surface area contributed by atoms with Gasteiger partial charge in [-0.05, 0) is 62.6 Å². The van der Waals surface area contributed by atoms with Crippen LogP contribution in [-0.4, -0.2) is 64.1 Å². The summed E-state index contributed by atoms with van der Waals surface area (Å²) in [4.78, 5) is 35.2. The summed E-state index contributed by atoms with van der Waals surface area (Å²) in [5.41, 5.74) is 2.46. The molecule has 0 unspecified atom stereocenters. The van der Waals surface area contributed by atoms with Crippen molar-refractivity contribution in [3.05, 3.63) is 51.4 Å². The highest BCUT2D eigenvalue weighted by Gasteiger charge is 2.27. The number of likely N-dealkylation sites (tertiary alicyclic amines) is 1. The van der Waals surface area contributed by atoms with Crippen LogP contribution in [0.3, 0.4) is 0 Å². The molecule has 4 heterocycles. The number of nitrogens with zero attached hydrogens (tertiary/aromatic N) is 3. The van der Waals surface area contributed by atoms with E-state index in [1.807, 2.05) is 0 Å². The summed E-state index contributed by atoms with van der Waals surface area (Å²) < 4.78 is 0.